The van der Waals surface area contributed by atoms with Crippen molar-refractivity contribution >= 4 is 12.6 Å². The number of benzene rings is 1. The maximum atomic E-state index is 14.0. The monoisotopic (exact) mass is 296 g/mol. The molecule has 1 heterocycles. The lowest BCUT2D eigenvalue weighted by Gasteiger charge is -2.32. The fourth-order valence-corrected chi connectivity index (χ4v) is 1.99. The highest BCUT2D eigenvalue weighted by Crippen LogP contribution is 2.36. The summed E-state index contributed by atoms with van der Waals surface area (Å²) in [6.07, 6.45) is 0. The molecule has 0 bridgehead atoms. The Labute approximate surface area is 125 Å². The van der Waals surface area contributed by atoms with Gasteiger partial charge in [-0.1, -0.05) is 6.07 Å². The fraction of sp³-hybridized carbons (Fsp3) is 0.600. The molecule has 0 unspecified atom stereocenters. The average Bonchev–Trinajstić information content (AvgIpc) is 2.60. The molecule has 0 radical (unpaired) electrons. The van der Waals surface area contributed by atoms with Crippen LogP contribution < -0.4 is 10.2 Å². The van der Waals surface area contributed by atoms with Gasteiger partial charge in [0.15, 0.2) is 11.6 Å². The summed E-state index contributed by atoms with van der Waals surface area (Å²) in [7, 11) is 0.999. The molecule has 2 rings (SSSR count). The molecule has 4 nitrogen and oxygen atoms in total. The van der Waals surface area contributed by atoms with Crippen molar-refractivity contribution in [2.45, 2.75) is 38.9 Å². The summed E-state index contributed by atoms with van der Waals surface area (Å²) in [6, 6.07) is 4.74. The van der Waals surface area contributed by atoms with Gasteiger partial charge in [-0.15, -0.1) is 0 Å². The summed E-state index contributed by atoms with van der Waals surface area (Å²) in [4.78, 5) is 0. The third-order valence-corrected chi connectivity index (χ3v) is 4.03. The number of methoxy groups -OCH3 is 1. The zero-order valence-electron chi connectivity index (χ0n) is 13.2. The molecule has 0 spiro atoms. The molecule has 6 heteroatoms. The van der Waals surface area contributed by atoms with Gasteiger partial charge in [-0.3, -0.25) is 0 Å². The van der Waals surface area contributed by atoms with Gasteiger partial charge < -0.3 is 18.8 Å². The van der Waals surface area contributed by atoms with Crippen molar-refractivity contribution in [1.82, 2.24) is 0 Å². The number of ether oxygens (including phenoxy) is 2. The lowest BCUT2D eigenvalue weighted by atomic mass is 9.79. The van der Waals surface area contributed by atoms with E-state index in [0.717, 1.165) is 0 Å². The summed E-state index contributed by atoms with van der Waals surface area (Å²) in [5, 5.41) is 0. The average molecular weight is 296 g/mol. The zero-order valence-corrected chi connectivity index (χ0v) is 13.2. The predicted molar refractivity (Wildman–Crippen MR) is 79.5 cm³/mol. The normalized spacial score (nSPS) is 19.8. The highest BCUT2D eigenvalue weighted by Gasteiger charge is 2.51. The van der Waals surface area contributed by atoms with E-state index in [0.29, 0.717) is 18.7 Å². The molecule has 0 aromatic heterocycles. The zero-order chi connectivity index (χ0) is 15.7. The standard InChI is InChI=1S/C15H22BFO4/c1-14(2)15(3,4)21-16(20-14)11-6-7-13(12(17)10-11)19-9-8-18-5/h6-7,10H,8-9H2,1-5H3. The molecule has 0 N–H and O–H groups in total. The van der Waals surface area contributed by atoms with Crippen LogP contribution in [0.25, 0.3) is 0 Å². The second kappa shape index (κ2) is 5.95. The molecule has 21 heavy (non-hydrogen) atoms. The Morgan fingerprint density at radius 1 is 1.10 bits per heavy atom. The molecular weight excluding hydrogens is 274 g/mol. The van der Waals surface area contributed by atoms with Crippen LogP contribution in [0.4, 0.5) is 4.39 Å². The van der Waals surface area contributed by atoms with Crippen LogP contribution in [-0.4, -0.2) is 38.6 Å². The number of hydrogen-bond acceptors (Lipinski definition) is 4. The first kappa shape index (κ1) is 16.3. The minimum atomic E-state index is -0.572. The van der Waals surface area contributed by atoms with Crippen molar-refractivity contribution in [2.24, 2.45) is 0 Å². The highest BCUT2D eigenvalue weighted by atomic mass is 19.1. The quantitative estimate of drug-likeness (QED) is 0.616. The van der Waals surface area contributed by atoms with Gasteiger partial charge in [0.2, 0.25) is 0 Å². The van der Waals surface area contributed by atoms with Crippen LogP contribution in [0.5, 0.6) is 5.75 Å². The molecule has 0 saturated carbocycles. The molecular formula is C15H22BFO4. The van der Waals surface area contributed by atoms with E-state index in [9.17, 15) is 4.39 Å². The van der Waals surface area contributed by atoms with Crippen LogP contribution in [0.3, 0.4) is 0 Å². The maximum Gasteiger partial charge on any atom is 0.494 e. The predicted octanol–water partition coefficient (Wildman–Crippen LogP) is 2.15. The van der Waals surface area contributed by atoms with Crippen LogP contribution in [0, 0.1) is 5.82 Å². The van der Waals surface area contributed by atoms with E-state index in [-0.39, 0.29) is 5.75 Å². The van der Waals surface area contributed by atoms with Gasteiger partial charge in [0.05, 0.1) is 17.8 Å². The smallest absolute Gasteiger partial charge is 0.488 e. The number of halogens is 1. The first-order valence-corrected chi connectivity index (χ1v) is 7.04. The van der Waals surface area contributed by atoms with Crippen LogP contribution in [0.15, 0.2) is 18.2 Å². The van der Waals surface area contributed by atoms with Gasteiger partial charge in [0, 0.05) is 7.11 Å². The fourth-order valence-electron chi connectivity index (χ4n) is 1.99. The van der Waals surface area contributed by atoms with E-state index >= 15 is 0 Å². The largest absolute Gasteiger partial charge is 0.494 e. The van der Waals surface area contributed by atoms with Crippen molar-refractivity contribution < 1.29 is 23.2 Å². The van der Waals surface area contributed by atoms with Crippen molar-refractivity contribution in [3.8, 4) is 5.75 Å². The SMILES string of the molecule is COCCOc1ccc(B2OC(C)(C)C(C)(C)O2)cc1F. The topological polar surface area (TPSA) is 36.9 Å². The van der Waals surface area contributed by atoms with Gasteiger partial charge in [-0.2, -0.15) is 0 Å². The van der Waals surface area contributed by atoms with E-state index in [1.54, 1.807) is 19.2 Å². The van der Waals surface area contributed by atoms with Crippen LogP contribution >= 0.6 is 0 Å². The Kier molecular flexibility index (Phi) is 4.61. The van der Waals surface area contributed by atoms with Gasteiger partial charge in [-0.05, 0) is 45.3 Å². The Balaban J connectivity index is 2.11. The van der Waals surface area contributed by atoms with Crippen LogP contribution in [0.1, 0.15) is 27.7 Å². The van der Waals surface area contributed by atoms with E-state index < -0.39 is 24.1 Å². The third kappa shape index (κ3) is 3.39. The van der Waals surface area contributed by atoms with E-state index in [1.165, 1.54) is 6.07 Å². The Morgan fingerprint density at radius 3 is 2.24 bits per heavy atom. The van der Waals surface area contributed by atoms with Gasteiger partial charge in [0.25, 0.3) is 0 Å². The molecule has 116 valence electrons. The second-order valence-electron chi connectivity index (χ2n) is 6.12. The van der Waals surface area contributed by atoms with Gasteiger partial charge in [-0.25, -0.2) is 4.39 Å². The van der Waals surface area contributed by atoms with Crippen molar-refractivity contribution in [2.75, 3.05) is 20.3 Å². The molecule has 0 atom stereocenters. The lowest BCUT2D eigenvalue weighted by molar-refractivity contribution is 0.00578. The molecule has 1 aromatic rings. The third-order valence-electron chi connectivity index (χ3n) is 4.03. The van der Waals surface area contributed by atoms with E-state index in [4.69, 9.17) is 18.8 Å². The Hall–Kier alpha value is -1.11. The summed E-state index contributed by atoms with van der Waals surface area (Å²) in [6.45, 7) is 8.58. The summed E-state index contributed by atoms with van der Waals surface area (Å²) in [5.41, 5.74) is -0.242. The molecule has 1 fully saturated rings. The van der Waals surface area contributed by atoms with E-state index in [1.807, 2.05) is 27.7 Å². The minimum Gasteiger partial charge on any atom is -0.488 e. The minimum absolute atomic E-state index is 0.201. The van der Waals surface area contributed by atoms with Crippen molar-refractivity contribution in [3.05, 3.63) is 24.0 Å². The van der Waals surface area contributed by atoms with Gasteiger partial charge in [0.1, 0.15) is 6.61 Å². The summed E-state index contributed by atoms with van der Waals surface area (Å²) >= 11 is 0. The van der Waals surface area contributed by atoms with Gasteiger partial charge >= 0.3 is 7.12 Å². The first-order valence-electron chi connectivity index (χ1n) is 7.04. The number of rotatable bonds is 5. The first-order chi connectivity index (χ1) is 9.77. The maximum absolute atomic E-state index is 14.0. The molecule has 1 saturated heterocycles. The Bertz CT molecular complexity index is 488. The molecule has 0 aliphatic carbocycles. The highest BCUT2D eigenvalue weighted by molar-refractivity contribution is 6.62. The van der Waals surface area contributed by atoms with Crippen LogP contribution in [-0.2, 0) is 14.0 Å². The molecule has 1 aliphatic rings. The van der Waals surface area contributed by atoms with Crippen molar-refractivity contribution in [3.63, 3.8) is 0 Å². The number of hydrogen-bond donors (Lipinski definition) is 0. The van der Waals surface area contributed by atoms with Crippen molar-refractivity contribution in [1.29, 1.82) is 0 Å². The lowest BCUT2D eigenvalue weighted by Crippen LogP contribution is -2.41. The summed E-state index contributed by atoms with van der Waals surface area (Å²) < 4.78 is 36.0. The Morgan fingerprint density at radius 2 is 1.71 bits per heavy atom. The van der Waals surface area contributed by atoms with E-state index in [2.05, 4.69) is 0 Å². The molecule has 1 aliphatic heterocycles. The molecule has 0 amide bonds. The molecule has 1 aromatic carbocycles. The summed E-state index contributed by atoms with van der Waals surface area (Å²) in [5.74, 6) is -0.231. The van der Waals surface area contributed by atoms with Crippen LogP contribution in [0.2, 0.25) is 0 Å². The second-order valence-corrected chi connectivity index (χ2v) is 6.12.